The molecule has 1 rings (SSSR count). The molecule has 1 N–H and O–H groups in total. The molecule has 1 heterocycles. The van der Waals surface area contributed by atoms with Crippen LogP contribution in [0.1, 0.15) is 21.9 Å². The molecular weight excluding hydrogens is 408 g/mol. The van der Waals surface area contributed by atoms with Gasteiger partial charge >= 0.3 is 0 Å². The summed E-state index contributed by atoms with van der Waals surface area (Å²) in [7, 11) is 1.60. The molecular formula is C8H9I2N3O. The highest BCUT2D eigenvalue weighted by atomic mass is 127. The largest absolute Gasteiger partial charge is 0.355 e. The van der Waals surface area contributed by atoms with Crippen LogP contribution in [0, 0.1) is 0 Å². The standard InChI is InChI=1S/C8H9I2N3O/c1-11-8(14)5-4-12-7(3-10)13-6(5)2-9/h4H,2-3H2,1H3,(H,11,14). The Morgan fingerprint density at radius 1 is 1.50 bits per heavy atom. The molecule has 0 saturated carbocycles. The van der Waals surface area contributed by atoms with Crippen molar-refractivity contribution in [2.24, 2.45) is 0 Å². The smallest absolute Gasteiger partial charge is 0.254 e. The van der Waals surface area contributed by atoms with Gasteiger partial charge in [-0.2, -0.15) is 0 Å². The molecule has 0 saturated heterocycles. The second-order valence-corrected chi connectivity index (χ2v) is 4.02. The molecule has 0 aliphatic rings. The van der Waals surface area contributed by atoms with Crippen molar-refractivity contribution in [2.75, 3.05) is 7.05 Å². The van der Waals surface area contributed by atoms with Crippen LogP contribution in [0.5, 0.6) is 0 Å². The van der Waals surface area contributed by atoms with E-state index >= 15 is 0 Å². The number of nitrogens with zero attached hydrogens (tertiary/aromatic N) is 2. The fourth-order valence-electron chi connectivity index (χ4n) is 0.949. The van der Waals surface area contributed by atoms with Gasteiger partial charge in [0.1, 0.15) is 5.82 Å². The van der Waals surface area contributed by atoms with E-state index in [0.717, 1.165) is 15.9 Å². The first-order valence-electron chi connectivity index (χ1n) is 3.91. The van der Waals surface area contributed by atoms with E-state index in [1.54, 1.807) is 13.2 Å². The van der Waals surface area contributed by atoms with E-state index in [2.05, 4.69) is 60.5 Å². The number of alkyl halides is 2. The molecule has 0 aliphatic carbocycles. The molecule has 1 aromatic heterocycles. The van der Waals surface area contributed by atoms with Crippen molar-refractivity contribution >= 4 is 51.1 Å². The number of aromatic nitrogens is 2. The third-order valence-corrected chi connectivity index (χ3v) is 3.04. The average molecular weight is 417 g/mol. The van der Waals surface area contributed by atoms with Crippen LogP contribution in [0.2, 0.25) is 0 Å². The van der Waals surface area contributed by atoms with E-state index in [-0.39, 0.29) is 5.91 Å². The summed E-state index contributed by atoms with van der Waals surface area (Å²) >= 11 is 4.39. The first-order valence-corrected chi connectivity index (χ1v) is 6.96. The maximum atomic E-state index is 11.4. The molecule has 0 aliphatic heterocycles. The van der Waals surface area contributed by atoms with E-state index in [4.69, 9.17) is 0 Å². The van der Waals surface area contributed by atoms with Crippen LogP contribution in [-0.2, 0) is 8.86 Å². The van der Waals surface area contributed by atoms with E-state index in [9.17, 15) is 4.79 Å². The normalized spacial score (nSPS) is 9.93. The lowest BCUT2D eigenvalue weighted by Gasteiger charge is -2.05. The van der Waals surface area contributed by atoms with Crippen molar-refractivity contribution < 1.29 is 4.79 Å². The molecule has 1 aromatic rings. The number of carbonyl (C=O) groups is 1. The summed E-state index contributed by atoms with van der Waals surface area (Å²) in [6, 6.07) is 0. The van der Waals surface area contributed by atoms with E-state index in [1.165, 1.54) is 0 Å². The maximum Gasteiger partial charge on any atom is 0.254 e. The molecule has 0 radical (unpaired) electrons. The van der Waals surface area contributed by atoms with Gasteiger partial charge in [-0.05, 0) is 0 Å². The lowest BCUT2D eigenvalue weighted by Crippen LogP contribution is -2.20. The molecule has 14 heavy (non-hydrogen) atoms. The Bertz CT molecular complexity index is 343. The fraction of sp³-hybridized carbons (Fsp3) is 0.375. The molecule has 0 bridgehead atoms. The topological polar surface area (TPSA) is 54.9 Å². The predicted molar refractivity (Wildman–Crippen MR) is 70.9 cm³/mol. The van der Waals surface area contributed by atoms with Crippen molar-refractivity contribution in [1.82, 2.24) is 15.3 Å². The van der Waals surface area contributed by atoms with Crippen LogP contribution < -0.4 is 5.32 Å². The van der Waals surface area contributed by atoms with Gasteiger partial charge in [-0.15, -0.1) is 0 Å². The summed E-state index contributed by atoms with van der Waals surface area (Å²) in [5.41, 5.74) is 1.36. The molecule has 0 atom stereocenters. The number of hydrogen-bond acceptors (Lipinski definition) is 3. The summed E-state index contributed by atoms with van der Waals surface area (Å²) < 4.78 is 1.47. The summed E-state index contributed by atoms with van der Waals surface area (Å²) in [6.07, 6.45) is 1.59. The number of hydrogen-bond donors (Lipinski definition) is 1. The Labute approximate surface area is 110 Å². The van der Waals surface area contributed by atoms with Crippen molar-refractivity contribution in [3.05, 3.63) is 23.3 Å². The third-order valence-electron chi connectivity index (χ3n) is 1.64. The van der Waals surface area contributed by atoms with Gasteiger partial charge in [0, 0.05) is 17.7 Å². The molecule has 0 aromatic carbocycles. The predicted octanol–water partition coefficient (Wildman–Crippen LogP) is 1.71. The van der Waals surface area contributed by atoms with Gasteiger partial charge in [-0.3, -0.25) is 4.79 Å². The zero-order valence-corrected chi connectivity index (χ0v) is 11.9. The van der Waals surface area contributed by atoms with Gasteiger partial charge in [0.25, 0.3) is 5.91 Å². The molecule has 0 spiro atoms. The monoisotopic (exact) mass is 417 g/mol. The zero-order chi connectivity index (χ0) is 10.6. The first-order chi connectivity index (χ1) is 6.72. The van der Waals surface area contributed by atoms with Crippen molar-refractivity contribution in [3.63, 3.8) is 0 Å². The quantitative estimate of drug-likeness (QED) is 0.602. The van der Waals surface area contributed by atoms with Crippen LogP contribution in [0.15, 0.2) is 6.20 Å². The second-order valence-electron chi connectivity index (χ2n) is 2.49. The molecule has 1 amide bonds. The van der Waals surface area contributed by atoms with Gasteiger partial charge < -0.3 is 5.32 Å². The van der Waals surface area contributed by atoms with Gasteiger partial charge in [-0.1, -0.05) is 45.2 Å². The minimum absolute atomic E-state index is 0.128. The lowest BCUT2D eigenvalue weighted by atomic mass is 10.2. The van der Waals surface area contributed by atoms with Crippen LogP contribution in [0.4, 0.5) is 0 Å². The number of carbonyl (C=O) groups excluding carboxylic acids is 1. The summed E-state index contributed by atoms with van der Waals surface area (Å²) in [5.74, 6) is 0.640. The van der Waals surface area contributed by atoms with E-state index in [1.807, 2.05) is 0 Å². The number of amides is 1. The van der Waals surface area contributed by atoms with Crippen LogP contribution in [0.3, 0.4) is 0 Å². The molecule has 6 heteroatoms. The third kappa shape index (κ3) is 2.75. The van der Waals surface area contributed by atoms with Gasteiger partial charge in [0.15, 0.2) is 0 Å². The Balaban J connectivity index is 3.11. The van der Waals surface area contributed by atoms with Crippen LogP contribution in [0.25, 0.3) is 0 Å². The first kappa shape index (κ1) is 12.1. The van der Waals surface area contributed by atoms with Gasteiger partial charge in [0.05, 0.1) is 15.7 Å². The minimum atomic E-state index is -0.128. The second kappa shape index (κ2) is 5.79. The van der Waals surface area contributed by atoms with Crippen molar-refractivity contribution in [2.45, 2.75) is 8.86 Å². The summed E-state index contributed by atoms with van der Waals surface area (Å²) in [6.45, 7) is 0. The van der Waals surface area contributed by atoms with Crippen molar-refractivity contribution in [3.8, 4) is 0 Å². The highest BCUT2D eigenvalue weighted by Crippen LogP contribution is 2.11. The molecule has 76 valence electrons. The van der Waals surface area contributed by atoms with E-state index in [0.29, 0.717) is 9.99 Å². The zero-order valence-electron chi connectivity index (χ0n) is 7.55. The fourth-order valence-corrected chi connectivity index (χ4v) is 1.90. The molecule has 0 fully saturated rings. The van der Waals surface area contributed by atoms with Gasteiger partial charge in [-0.25, -0.2) is 9.97 Å². The van der Waals surface area contributed by atoms with Crippen LogP contribution >= 0.6 is 45.2 Å². The Hall–Kier alpha value is 0.01000. The summed E-state index contributed by atoms with van der Waals surface area (Å²) in [5, 5.41) is 2.57. The van der Waals surface area contributed by atoms with Crippen LogP contribution in [-0.4, -0.2) is 22.9 Å². The number of nitrogens with one attached hydrogen (secondary N) is 1. The molecule has 4 nitrogen and oxygen atoms in total. The lowest BCUT2D eigenvalue weighted by molar-refractivity contribution is 0.0961. The Kier molecular flexibility index (Phi) is 4.99. The van der Waals surface area contributed by atoms with Crippen molar-refractivity contribution in [1.29, 1.82) is 0 Å². The minimum Gasteiger partial charge on any atom is -0.355 e. The SMILES string of the molecule is CNC(=O)c1cnc(CI)nc1CI. The van der Waals surface area contributed by atoms with E-state index < -0.39 is 0 Å². The molecule has 0 unspecified atom stereocenters. The number of halogens is 2. The Morgan fingerprint density at radius 3 is 2.71 bits per heavy atom. The average Bonchev–Trinajstić information content (AvgIpc) is 2.27. The Morgan fingerprint density at radius 2 is 2.21 bits per heavy atom. The number of rotatable bonds is 3. The maximum absolute atomic E-state index is 11.4. The van der Waals surface area contributed by atoms with Gasteiger partial charge in [0.2, 0.25) is 0 Å². The highest BCUT2D eigenvalue weighted by molar-refractivity contribution is 14.1. The highest BCUT2D eigenvalue weighted by Gasteiger charge is 2.11. The summed E-state index contributed by atoms with van der Waals surface area (Å²) in [4.78, 5) is 19.8.